The van der Waals surface area contributed by atoms with Gasteiger partial charge in [0.15, 0.2) is 0 Å². The Bertz CT molecular complexity index is 1450. The maximum Gasteiger partial charge on any atom is 0.305 e. The van der Waals surface area contributed by atoms with Gasteiger partial charge in [-0.25, -0.2) is 0 Å². The van der Waals surface area contributed by atoms with Gasteiger partial charge >= 0.3 is 5.97 Å². The quantitative estimate of drug-likeness (QED) is 0.207. The number of amides is 1. The summed E-state index contributed by atoms with van der Waals surface area (Å²) in [4.78, 5) is 23.3. The Labute approximate surface area is 236 Å². The lowest BCUT2D eigenvalue weighted by atomic mass is 9.76. The van der Waals surface area contributed by atoms with Gasteiger partial charge in [0.2, 0.25) is 0 Å². The Hall–Kier alpha value is -3.06. The van der Waals surface area contributed by atoms with Crippen molar-refractivity contribution in [3.63, 3.8) is 0 Å². The lowest BCUT2D eigenvalue weighted by molar-refractivity contribution is -0.136. The molecule has 4 rings (SSSR count). The predicted molar refractivity (Wildman–Crippen MR) is 153 cm³/mol. The van der Waals surface area contributed by atoms with Gasteiger partial charge in [-0.05, 0) is 59.9 Å². The summed E-state index contributed by atoms with van der Waals surface area (Å²) >= 11 is 19.2. The first-order valence-electron chi connectivity index (χ1n) is 12.4. The van der Waals surface area contributed by atoms with Gasteiger partial charge < -0.3 is 10.4 Å². The lowest BCUT2D eigenvalue weighted by Crippen LogP contribution is -2.26. The largest absolute Gasteiger partial charge is 0.481 e. The molecule has 1 heterocycles. The normalized spacial score (nSPS) is 12.9. The summed E-state index contributed by atoms with van der Waals surface area (Å²) in [6, 6.07) is 18.9. The molecule has 0 aliphatic carbocycles. The van der Waals surface area contributed by atoms with Crippen LogP contribution in [0.4, 0.5) is 0 Å². The van der Waals surface area contributed by atoms with Gasteiger partial charge in [0.1, 0.15) is 5.52 Å². The summed E-state index contributed by atoms with van der Waals surface area (Å²) in [5.41, 5.74) is 4.29. The summed E-state index contributed by atoms with van der Waals surface area (Å²) in [5.74, 6) is -1.32. The number of rotatable bonds is 10. The molecule has 0 aliphatic rings. The molecule has 0 fully saturated rings. The summed E-state index contributed by atoms with van der Waals surface area (Å²) in [5, 5.41) is 18.8. The topological polar surface area (TPSA) is 84.2 Å². The van der Waals surface area contributed by atoms with E-state index in [1.54, 1.807) is 18.2 Å². The van der Waals surface area contributed by atoms with Crippen LogP contribution in [0.2, 0.25) is 15.1 Å². The molecule has 0 radical (unpaired) electrons. The molecule has 0 bridgehead atoms. The van der Waals surface area contributed by atoms with Crippen LogP contribution in [-0.2, 0) is 11.8 Å². The smallest absolute Gasteiger partial charge is 0.305 e. The number of aromatic nitrogens is 2. The van der Waals surface area contributed by atoms with Gasteiger partial charge in [-0.15, -0.1) is 0 Å². The molecule has 2 atom stereocenters. The van der Waals surface area contributed by atoms with Gasteiger partial charge in [0.05, 0.1) is 17.1 Å². The van der Waals surface area contributed by atoms with Crippen molar-refractivity contribution < 1.29 is 14.7 Å². The average molecular weight is 573 g/mol. The zero-order chi connectivity index (χ0) is 27.4. The number of carboxylic acids is 1. The summed E-state index contributed by atoms with van der Waals surface area (Å²) in [6.07, 6.45) is 1.68. The van der Waals surface area contributed by atoms with Crippen molar-refractivity contribution in [3.8, 4) is 0 Å². The minimum atomic E-state index is -0.957. The third-order valence-corrected chi connectivity index (χ3v) is 7.41. The van der Waals surface area contributed by atoms with Crippen LogP contribution in [0.5, 0.6) is 0 Å². The second kappa shape index (κ2) is 12.2. The maximum absolute atomic E-state index is 12.5. The molecule has 0 saturated heterocycles. The number of nitrogens with zero attached hydrogens (tertiary/aromatic N) is 2. The number of carbonyl (C=O) groups is 2. The number of fused-ring (bicyclic) bond motifs is 1. The number of benzene rings is 3. The SMILES string of the molecule is CCCC(c1ccc(C(=O)NCCC(=O)O)cc1)C(c1ccc(Cl)cc1)c1c2cc(Cl)cc(Cl)c2nn1C. The second-order valence-electron chi connectivity index (χ2n) is 9.24. The molecular weight excluding hydrogens is 545 g/mol. The molecule has 4 aromatic rings. The van der Waals surface area contributed by atoms with Crippen LogP contribution in [0.3, 0.4) is 0 Å². The van der Waals surface area contributed by atoms with Gasteiger partial charge in [0.25, 0.3) is 5.91 Å². The number of halogens is 3. The first-order valence-corrected chi connectivity index (χ1v) is 13.5. The number of carboxylic acid groups (broad SMARTS) is 1. The van der Waals surface area contributed by atoms with Gasteiger partial charge in [0, 0.05) is 40.5 Å². The van der Waals surface area contributed by atoms with Crippen molar-refractivity contribution in [1.29, 1.82) is 0 Å². The van der Waals surface area contributed by atoms with E-state index >= 15 is 0 Å². The van der Waals surface area contributed by atoms with Crippen molar-refractivity contribution in [3.05, 3.63) is 98.1 Å². The highest BCUT2D eigenvalue weighted by Gasteiger charge is 2.31. The Balaban J connectivity index is 1.80. The van der Waals surface area contributed by atoms with Crippen molar-refractivity contribution >= 4 is 57.6 Å². The Morgan fingerprint density at radius 2 is 1.63 bits per heavy atom. The Morgan fingerprint density at radius 1 is 0.974 bits per heavy atom. The van der Waals surface area contributed by atoms with E-state index in [0.29, 0.717) is 26.1 Å². The van der Waals surface area contributed by atoms with Crippen LogP contribution in [0.1, 0.15) is 65.2 Å². The highest BCUT2D eigenvalue weighted by Crippen LogP contribution is 2.45. The molecule has 2 N–H and O–H groups in total. The van der Waals surface area contributed by atoms with E-state index < -0.39 is 5.97 Å². The third-order valence-electron chi connectivity index (χ3n) is 6.65. The number of nitrogens with one attached hydrogen (secondary N) is 1. The number of aliphatic carboxylic acids is 1. The molecule has 0 spiro atoms. The first kappa shape index (κ1) is 28.0. The van der Waals surface area contributed by atoms with Crippen LogP contribution >= 0.6 is 34.8 Å². The minimum absolute atomic E-state index is 0.0432. The van der Waals surface area contributed by atoms with E-state index in [2.05, 4.69) is 12.2 Å². The highest BCUT2D eigenvalue weighted by atomic mass is 35.5. The zero-order valence-corrected chi connectivity index (χ0v) is 23.3. The molecule has 198 valence electrons. The number of hydrogen-bond donors (Lipinski definition) is 2. The fourth-order valence-corrected chi connectivity index (χ4v) is 5.62. The van der Waals surface area contributed by atoms with E-state index in [0.717, 1.165) is 35.0 Å². The third kappa shape index (κ3) is 6.15. The Morgan fingerprint density at radius 3 is 2.26 bits per heavy atom. The molecule has 9 heteroatoms. The van der Waals surface area contributed by atoms with Gasteiger partial charge in [-0.2, -0.15) is 5.10 Å². The predicted octanol–water partition coefficient (Wildman–Crippen LogP) is 7.45. The molecule has 1 aromatic heterocycles. The van der Waals surface area contributed by atoms with E-state index in [1.165, 1.54) is 0 Å². The molecule has 6 nitrogen and oxygen atoms in total. The minimum Gasteiger partial charge on any atom is -0.481 e. The van der Waals surface area contributed by atoms with Crippen LogP contribution < -0.4 is 5.32 Å². The first-order chi connectivity index (χ1) is 18.2. The second-order valence-corrected chi connectivity index (χ2v) is 10.5. The molecule has 38 heavy (non-hydrogen) atoms. The van der Waals surface area contributed by atoms with Crippen LogP contribution in [0, 0.1) is 0 Å². The number of hydrogen-bond acceptors (Lipinski definition) is 3. The standard InChI is InChI=1S/C29H28Cl3N3O3/c1-3-4-22(17-5-7-19(8-6-17)29(38)33-14-13-25(36)37)26(18-9-11-20(30)12-10-18)28-23-15-21(31)16-24(32)27(23)34-35(28)2/h5-12,15-16,22,26H,3-4,13-14H2,1-2H3,(H,33,38)(H,36,37). The lowest BCUT2D eigenvalue weighted by Gasteiger charge is -2.29. The van der Waals surface area contributed by atoms with Crippen LogP contribution in [0.15, 0.2) is 60.7 Å². The molecular formula is C29H28Cl3N3O3. The van der Waals surface area contributed by atoms with Gasteiger partial charge in [-0.3, -0.25) is 14.3 Å². The fourth-order valence-electron chi connectivity index (χ4n) is 4.96. The van der Waals surface area contributed by atoms with Crippen molar-refractivity contribution in [2.75, 3.05) is 6.54 Å². The van der Waals surface area contributed by atoms with Crippen molar-refractivity contribution in [1.82, 2.24) is 15.1 Å². The van der Waals surface area contributed by atoms with Gasteiger partial charge in [-0.1, -0.05) is 72.4 Å². The summed E-state index contributed by atoms with van der Waals surface area (Å²) in [7, 11) is 1.91. The van der Waals surface area contributed by atoms with E-state index in [1.807, 2.05) is 54.2 Å². The molecule has 1 amide bonds. The molecule has 3 aromatic carbocycles. The summed E-state index contributed by atoms with van der Waals surface area (Å²) in [6.45, 7) is 2.22. The molecule has 0 aliphatic heterocycles. The molecule has 0 saturated carbocycles. The number of carbonyl (C=O) groups excluding carboxylic acids is 1. The number of aryl methyl sites for hydroxylation is 1. The van der Waals surface area contributed by atoms with Crippen LogP contribution in [0.25, 0.3) is 10.9 Å². The maximum atomic E-state index is 12.5. The van der Waals surface area contributed by atoms with Crippen LogP contribution in [-0.4, -0.2) is 33.3 Å². The average Bonchev–Trinajstić information content (AvgIpc) is 3.20. The zero-order valence-electron chi connectivity index (χ0n) is 21.0. The highest BCUT2D eigenvalue weighted by molar-refractivity contribution is 6.38. The van der Waals surface area contributed by atoms with Crippen molar-refractivity contribution in [2.24, 2.45) is 7.05 Å². The fraction of sp³-hybridized carbons (Fsp3) is 0.276. The Kier molecular flexibility index (Phi) is 8.98. The van der Waals surface area contributed by atoms with E-state index in [-0.39, 0.29) is 30.7 Å². The van der Waals surface area contributed by atoms with Crippen molar-refractivity contribution in [2.45, 2.75) is 38.0 Å². The van der Waals surface area contributed by atoms with E-state index in [9.17, 15) is 9.59 Å². The van der Waals surface area contributed by atoms with E-state index in [4.69, 9.17) is 45.0 Å². The summed E-state index contributed by atoms with van der Waals surface area (Å²) < 4.78 is 1.87. The molecule has 2 unspecified atom stereocenters. The monoisotopic (exact) mass is 571 g/mol.